The third kappa shape index (κ3) is 2.87. The van der Waals surface area contributed by atoms with Gasteiger partial charge in [0, 0.05) is 4.88 Å². The predicted octanol–water partition coefficient (Wildman–Crippen LogP) is 3.64. The second-order valence-electron chi connectivity index (χ2n) is 2.90. The Hall–Kier alpha value is -0.780. The SMILES string of the molecule is CSC1=N/C(=C/C=C/c2cccs2)C(=O)S1. The van der Waals surface area contributed by atoms with Gasteiger partial charge in [-0.15, -0.1) is 23.1 Å². The van der Waals surface area contributed by atoms with Crippen LogP contribution in [0.4, 0.5) is 0 Å². The van der Waals surface area contributed by atoms with Crippen LogP contribution in [0.3, 0.4) is 0 Å². The molecule has 0 bridgehead atoms. The molecule has 0 aliphatic carbocycles. The van der Waals surface area contributed by atoms with Crippen molar-refractivity contribution in [3.8, 4) is 0 Å². The van der Waals surface area contributed by atoms with Gasteiger partial charge in [-0.05, 0) is 41.6 Å². The number of hydrogen-bond donors (Lipinski definition) is 0. The summed E-state index contributed by atoms with van der Waals surface area (Å²) in [6.07, 6.45) is 7.52. The quantitative estimate of drug-likeness (QED) is 0.766. The summed E-state index contributed by atoms with van der Waals surface area (Å²) >= 11 is 4.36. The van der Waals surface area contributed by atoms with Crippen molar-refractivity contribution in [2.75, 3.05) is 6.26 Å². The molecule has 2 nitrogen and oxygen atoms in total. The maximum atomic E-state index is 11.5. The van der Waals surface area contributed by atoms with Crippen LogP contribution in [-0.4, -0.2) is 15.7 Å². The molecule has 0 saturated heterocycles. The Balaban J connectivity index is 2.08. The first-order chi connectivity index (χ1) is 7.79. The molecule has 1 aliphatic rings. The van der Waals surface area contributed by atoms with Crippen molar-refractivity contribution in [2.45, 2.75) is 0 Å². The lowest BCUT2D eigenvalue weighted by molar-refractivity contribution is -0.107. The zero-order valence-electron chi connectivity index (χ0n) is 8.54. The molecule has 0 unspecified atom stereocenters. The average Bonchev–Trinajstić information content (AvgIpc) is 2.89. The van der Waals surface area contributed by atoms with Crippen LogP contribution in [0.25, 0.3) is 6.08 Å². The highest BCUT2D eigenvalue weighted by atomic mass is 32.2. The van der Waals surface area contributed by atoms with Gasteiger partial charge in [0.15, 0.2) is 0 Å². The third-order valence-electron chi connectivity index (χ3n) is 1.83. The average molecular weight is 267 g/mol. The van der Waals surface area contributed by atoms with Crippen molar-refractivity contribution < 1.29 is 4.79 Å². The van der Waals surface area contributed by atoms with Gasteiger partial charge in [0.2, 0.25) is 5.12 Å². The van der Waals surface area contributed by atoms with Crippen LogP contribution in [0.5, 0.6) is 0 Å². The maximum Gasteiger partial charge on any atom is 0.244 e. The first-order valence-corrected chi connectivity index (χ1v) is 7.48. The zero-order chi connectivity index (χ0) is 11.4. The molecule has 16 heavy (non-hydrogen) atoms. The molecular formula is C11H9NOS3. The van der Waals surface area contributed by atoms with E-state index in [4.69, 9.17) is 0 Å². The van der Waals surface area contributed by atoms with Gasteiger partial charge in [-0.2, -0.15) is 0 Å². The molecule has 0 spiro atoms. The molecule has 0 atom stereocenters. The summed E-state index contributed by atoms with van der Waals surface area (Å²) in [5.41, 5.74) is 0.530. The fourth-order valence-corrected chi connectivity index (χ4v) is 3.01. The molecule has 0 aromatic carbocycles. The zero-order valence-corrected chi connectivity index (χ0v) is 11.0. The van der Waals surface area contributed by atoms with Gasteiger partial charge in [-0.25, -0.2) is 4.99 Å². The molecule has 1 aromatic heterocycles. The number of carbonyl (C=O) groups is 1. The molecule has 0 amide bonds. The van der Waals surface area contributed by atoms with E-state index in [9.17, 15) is 4.79 Å². The molecule has 0 radical (unpaired) electrons. The maximum absolute atomic E-state index is 11.5. The lowest BCUT2D eigenvalue weighted by atomic mass is 10.3. The van der Waals surface area contributed by atoms with E-state index >= 15 is 0 Å². The molecule has 82 valence electrons. The lowest BCUT2D eigenvalue weighted by Gasteiger charge is -1.85. The minimum atomic E-state index is 0.0279. The molecule has 2 rings (SSSR count). The summed E-state index contributed by atoms with van der Waals surface area (Å²) in [5.74, 6) is 0. The van der Waals surface area contributed by atoms with Crippen molar-refractivity contribution >= 4 is 50.4 Å². The van der Waals surface area contributed by atoms with Gasteiger partial charge in [-0.3, -0.25) is 4.79 Å². The molecule has 0 fully saturated rings. The van der Waals surface area contributed by atoms with Gasteiger partial charge >= 0.3 is 0 Å². The van der Waals surface area contributed by atoms with E-state index in [-0.39, 0.29) is 5.12 Å². The van der Waals surface area contributed by atoms with Crippen LogP contribution >= 0.6 is 34.9 Å². The minimum Gasteiger partial charge on any atom is -0.279 e. The van der Waals surface area contributed by atoms with Crippen molar-refractivity contribution in [3.05, 3.63) is 40.2 Å². The van der Waals surface area contributed by atoms with Crippen LogP contribution in [0.1, 0.15) is 4.88 Å². The number of hydrogen-bond acceptors (Lipinski definition) is 5. The Morgan fingerprint density at radius 1 is 1.50 bits per heavy atom. The lowest BCUT2D eigenvalue weighted by Crippen LogP contribution is -1.86. The van der Waals surface area contributed by atoms with Crippen LogP contribution in [0.2, 0.25) is 0 Å². The Labute approximate surface area is 107 Å². The van der Waals surface area contributed by atoms with Crippen LogP contribution in [0, 0.1) is 0 Å². The summed E-state index contributed by atoms with van der Waals surface area (Å²) < 4.78 is 0.820. The first-order valence-electron chi connectivity index (χ1n) is 4.56. The van der Waals surface area contributed by atoms with Gasteiger partial charge in [0.25, 0.3) is 0 Å². The Morgan fingerprint density at radius 3 is 3.00 bits per heavy atom. The van der Waals surface area contributed by atoms with E-state index in [1.807, 2.05) is 35.9 Å². The standard InChI is InChI=1S/C11H9NOS3/c1-14-11-12-9(10(13)16-11)6-2-4-8-5-3-7-15-8/h2-7H,1H3/b4-2+,9-6+. The molecule has 0 saturated carbocycles. The molecule has 5 heteroatoms. The van der Waals surface area contributed by atoms with Crippen LogP contribution < -0.4 is 0 Å². The van der Waals surface area contributed by atoms with Crippen molar-refractivity contribution in [2.24, 2.45) is 4.99 Å². The molecule has 1 aromatic rings. The van der Waals surface area contributed by atoms with Crippen molar-refractivity contribution in [3.63, 3.8) is 0 Å². The van der Waals surface area contributed by atoms with E-state index in [1.165, 1.54) is 28.4 Å². The normalized spacial score (nSPS) is 18.7. The Bertz CT molecular complexity index is 471. The summed E-state index contributed by atoms with van der Waals surface area (Å²) in [6.45, 7) is 0. The van der Waals surface area contributed by atoms with E-state index in [1.54, 1.807) is 17.4 Å². The predicted molar refractivity (Wildman–Crippen MR) is 75.0 cm³/mol. The van der Waals surface area contributed by atoms with E-state index in [0.29, 0.717) is 5.70 Å². The summed E-state index contributed by atoms with van der Waals surface area (Å²) in [6, 6.07) is 4.03. The number of thioether (sulfide) groups is 2. The smallest absolute Gasteiger partial charge is 0.244 e. The number of carbonyl (C=O) groups excluding carboxylic acids is 1. The van der Waals surface area contributed by atoms with Crippen LogP contribution in [-0.2, 0) is 4.79 Å². The van der Waals surface area contributed by atoms with E-state index in [2.05, 4.69) is 4.99 Å². The summed E-state index contributed by atoms with van der Waals surface area (Å²) in [5, 5.41) is 2.05. The van der Waals surface area contributed by atoms with Gasteiger partial charge in [0.05, 0.1) is 0 Å². The fraction of sp³-hybridized carbons (Fsp3) is 0.0909. The molecular weight excluding hydrogens is 258 g/mol. The molecule has 2 heterocycles. The number of aliphatic imine (C=N–C) groups is 1. The highest BCUT2D eigenvalue weighted by Crippen LogP contribution is 2.28. The molecule has 0 N–H and O–H groups in total. The van der Waals surface area contributed by atoms with Crippen LogP contribution in [0.15, 0.2) is 40.4 Å². The van der Waals surface area contributed by atoms with Gasteiger partial charge in [0.1, 0.15) is 10.1 Å². The monoisotopic (exact) mass is 267 g/mol. The topological polar surface area (TPSA) is 29.4 Å². The number of nitrogens with zero attached hydrogens (tertiary/aromatic N) is 1. The second-order valence-corrected chi connectivity index (χ2v) is 5.89. The Kier molecular flexibility index (Phi) is 4.04. The highest BCUT2D eigenvalue weighted by Gasteiger charge is 2.20. The minimum absolute atomic E-state index is 0.0279. The largest absolute Gasteiger partial charge is 0.279 e. The third-order valence-corrected chi connectivity index (χ3v) is 4.52. The van der Waals surface area contributed by atoms with E-state index < -0.39 is 0 Å². The second kappa shape index (κ2) is 5.52. The number of allylic oxidation sites excluding steroid dienone is 2. The number of thiophene rings is 1. The van der Waals surface area contributed by atoms with E-state index in [0.717, 1.165) is 4.38 Å². The first kappa shape index (κ1) is 11.7. The summed E-state index contributed by atoms with van der Waals surface area (Å²) in [7, 11) is 0. The van der Waals surface area contributed by atoms with Crippen molar-refractivity contribution in [1.82, 2.24) is 0 Å². The van der Waals surface area contributed by atoms with Crippen molar-refractivity contribution in [1.29, 1.82) is 0 Å². The van der Waals surface area contributed by atoms with Gasteiger partial charge < -0.3 is 0 Å². The highest BCUT2D eigenvalue weighted by molar-refractivity contribution is 8.45. The summed E-state index contributed by atoms with van der Waals surface area (Å²) in [4.78, 5) is 16.9. The Morgan fingerprint density at radius 2 is 2.38 bits per heavy atom. The molecule has 1 aliphatic heterocycles. The van der Waals surface area contributed by atoms with Gasteiger partial charge in [-0.1, -0.05) is 12.1 Å². The number of rotatable bonds is 2. The fourth-order valence-electron chi connectivity index (χ4n) is 1.11.